The Balaban J connectivity index is 1.91. The molecule has 0 saturated heterocycles. The van der Waals surface area contributed by atoms with Gasteiger partial charge < -0.3 is 0 Å². The van der Waals surface area contributed by atoms with Crippen molar-refractivity contribution in [1.29, 1.82) is 0 Å². The maximum Gasteiger partial charge on any atom is 0.0719 e. The van der Waals surface area contributed by atoms with Crippen LogP contribution in [-0.2, 0) is 6.42 Å². The first kappa shape index (κ1) is 12.0. The van der Waals surface area contributed by atoms with Gasteiger partial charge in [-0.1, -0.05) is 49.8 Å². The Morgan fingerprint density at radius 3 is 2.78 bits per heavy atom. The first-order chi connectivity index (χ1) is 8.83. The van der Waals surface area contributed by atoms with Crippen molar-refractivity contribution in [1.82, 2.24) is 4.98 Å². The third-order valence-corrected chi connectivity index (χ3v) is 4.26. The van der Waals surface area contributed by atoms with Gasteiger partial charge in [0.15, 0.2) is 0 Å². The zero-order chi connectivity index (χ0) is 12.4. The second-order valence-corrected chi connectivity index (χ2v) is 5.78. The van der Waals surface area contributed by atoms with E-state index >= 15 is 0 Å². The van der Waals surface area contributed by atoms with Gasteiger partial charge >= 0.3 is 0 Å². The number of fused-ring (bicyclic) bond motifs is 1. The van der Waals surface area contributed by atoms with Gasteiger partial charge in [-0.15, -0.1) is 0 Å². The number of pyridine rings is 1. The summed E-state index contributed by atoms with van der Waals surface area (Å²) in [4.78, 5) is 4.41. The van der Waals surface area contributed by atoms with E-state index in [0.717, 1.165) is 16.5 Å². The first-order valence-electron chi connectivity index (χ1n) is 6.86. The number of benzene rings is 1. The molecule has 0 bridgehead atoms. The minimum Gasteiger partial charge on any atom is -0.256 e. The Kier molecular flexibility index (Phi) is 3.51. The predicted molar refractivity (Wildman–Crippen MR) is 77.0 cm³/mol. The molecule has 1 aliphatic rings. The molecule has 3 rings (SSSR count). The molecule has 1 aliphatic carbocycles. The molecule has 2 heteroatoms. The Morgan fingerprint density at radius 1 is 1.11 bits per heavy atom. The van der Waals surface area contributed by atoms with Crippen LogP contribution in [0.25, 0.3) is 10.9 Å². The maximum atomic E-state index is 6.02. The minimum absolute atomic E-state index is 0.768. The largest absolute Gasteiger partial charge is 0.256 e. The van der Waals surface area contributed by atoms with Gasteiger partial charge in [0.1, 0.15) is 0 Å². The predicted octanol–water partition coefficient (Wildman–Crippen LogP) is 5.01. The van der Waals surface area contributed by atoms with Crippen LogP contribution in [0.1, 0.15) is 37.7 Å². The molecule has 2 aromatic rings. The molecule has 1 saturated carbocycles. The lowest BCUT2D eigenvalue weighted by Gasteiger charge is -2.22. The summed E-state index contributed by atoms with van der Waals surface area (Å²) in [6.07, 6.45) is 10.1. The lowest BCUT2D eigenvalue weighted by molar-refractivity contribution is 0.357. The molecule has 94 valence electrons. The number of hydrogen-bond acceptors (Lipinski definition) is 1. The fraction of sp³-hybridized carbons (Fsp3) is 0.438. The standard InChI is InChI=1S/C16H18ClN/c17-14-6-7-15-13(8-9-18-16(15)11-14)10-12-4-2-1-3-5-12/h6-9,11-12H,1-5,10H2. The highest BCUT2D eigenvalue weighted by Gasteiger charge is 2.15. The lowest BCUT2D eigenvalue weighted by Crippen LogP contribution is -2.09. The number of halogens is 1. The van der Waals surface area contributed by atoms with Crippen molar-refractivity contribution in [3.05, 3.63) is 41.0 Å². The zero-order valence-corrected chi connectivity index (χ0v) is 11.3. The van der Waals surface area contributed by atoms with E-state index in [1.165, 1.54) is 49.5 Å². The van der Waals surface area contributed by atoms with Crippen LogP contribution in [0.5, 0.6) is 0 Å². The third kappa shape index (κ3) is 2.51. The van der Waals surface area contributed by atoms with E-state index in [-0.39, 0.29) is 0 Å². The lowest BCUT2D eigenvalue weighted by atomic mass is 9.84. The average Bonchev–Trinajstić information content (AvgIpc) is 2.40. The normalized spacial score (nSPS) is 17.2. The van der Waals surface area contributed by atoms with Crippen molar-refractivity contribution in [3.63, 3.8) is 0 Å². The summed E-state index contributed by atoms with van der Waals surface area (Å²) in [7, 11) is 0. The molecular formula is C16H18ClN. The Labute approximate surface area is 113 Å². The number of rotatable bonds is 2. The molecule has 0 aliphatic heterocycles. The van der Waals surface area contributed by atoms with Crippen LogP contribution in [0.3, 0.4) is 0 Å². The van der Waals surface area contributed by atoms with Gasteiger partial charge in [0.2, 0.25) is 0 Å². The molecule has 0 radical (unpaired) electrons. The molecule has 0 amide bonds. The second kappa shape index (κ2) is 5.27. The summed E-state index contributed by atoms with van der Waals surface area (Å²) in [6, 6.07) is 8.21. The maximum absolute atomic E-state index is 6.02. The summed E-state index contributed by atoms with van der Waals surface area (Å²) >= 11 is 6.02. The summed E-state index contributed by atoms with van der Waals surface area (Å²) < 4.78 is 0. The fourth-order valence-electron chi connectivity index (χ4n) is 3.06. The molecule has 0 spiro atoms. The van der Waals surface area contributed by atoms with Crippen molar-refractivity contribution in [3.8, 4) is 0 Å². The van der Waals surface area contributed by atoms with Gasteiger partial charge in [-0.25, -0.2) is 0 Å². The van der Waals surface area contributed by atoms with Gasteiger partial charge in [0.05, 0.1) is 5.52 Å². The Hall–Kier alpha value is -1.08. The molecule has 1 aromatic carbocycles. The van der Waals surface area contributed by atoms with E-state index in [2.05, 4.69) is 17.1 Å². The van der Waals surface area contributed by atoms with Crippen LogP contribution in [0.2, 0.25) is 5.02 Å². The summed E-state index contributed by atoms with van der Waals surface area (Å²) in [5, 5.41) is 2.04. The van der Waals surface area contributed by atoms with Crippen LogP contribution >= 0.6 is 11.6 Å². The molecule has 1 nitrogen and oxygen atoms in total. The fourth-order valence-corrected chi connectivity index (χ4v) is 3.23. The third-order valence-electron chi connectivity index (χ3n) is 4.03. The number of nitrogens with zero attached hydrogens (tertiary/aromatic N) is 1. The van der Waals surface area contributed by atoms with Gasteiger partial charge in [-0.3, -0.25) is 4.98 Å². The van der Waals surface area contributed by atoms with Gasteiger partial charge in [-0.2, -0.15) is 0 Å². The monoisotopic (exact) mass is 259 g/mol. The quantitative estimate of drug-likeness (QED) is 0.739. The molecule has 0 N–H and O–H groups in total. The molecule has 0 unspecified atom stereocenters. The SMILES string of the molecule is Clc1ccc2c(CC3CCCCC3)ccnc2c1. The van der Waals surface area contributed by atoms with Crippen LogP contribution in [-0.4, -0.2) is 4.98 Å². The zero-order valence-electron chi connectivity index (χ0n) is 10.5. The summed E-state index contributed by atoms with van der Waals surface area (Å²) in [5.74, 6) is 0.861. The molecule has 1 aromatic heterocycles. The van der Waals surface area contributed by atoms with Crippen molar-refractivity contribution in [2.75, 3.05) is 0 Å². The van der Waals surface area contributed by atoms with Gasteiger partial charge in [0, 0.05) is 16.6 Å². The van der Waals surface area contributed by atoms with Crippen molar-refractivity contribution in [2.45, 2.75) is 38.5 Å². The van der Waals surface area contributed by atoms with Crippen LogP contribution < -0.4 is 0 Å². The highest BCUT2D eigenvalue weighted by molar-refractivity contribution is 6.31. The van der Waals surface area contributed by atoms with Crippen LogP contribution in [0, 0.1) is 5.92 Å². The van der Waals surface area contributed by atoms with Crippen LogP contribution in [0.4, 0.5) is 0 Å². The van der Waals surface area contributed by atoms with Crippen molar-refractivity contribution >= 4 is 22.5 Å². The van der Waals surface area contributed by atoms with Gasteiger partial charge in [-0.05, 0) is 36.1 Å². The minimum atomic E-state index is 0.768. The Bertz CT molecular complexity index is 544. The van der Waals surface area contributed by atoms with Gasteiger partial charge in [0.25, 0.3) is 0 Å². The van der Waals surface area contributed by atoms with E-state index in [0.29, 0.717) is 0 Å². The molecule has 18 heavy (non-hydrogen) atoms. The topological polar surface area (TPSA) is 12.9 Å². The highest BCUT2D eigenvalue weighted by atomic mass is 35.5. The van der Waals surface area contributed by atoms with E-state index < -0.39 is 0 Å². The number of aromatic nitrogens is 1. The van der Waals surface area contributed by atoms with E-state index in [1.807, 2.05) is 18.3 Å². The molecule has 1 heterocycles. The average molecular weight is 260 g/mol. The van der Waals surface area contributed by atoms with E-state index in [4.69, 9.17) is 11.6 Å². The van der Waals surface area contributed by atoms with E-state index in [9.17, 15) is 0 Å². The first-order valence-corrected chi connectivity index (χ1v) is 7.24. The summed E-state index contributed by atoms with van der Waals surface area (Å²) in [6.45, 7) is 0. The molecule has 1 fully saturated rings. The van der Waals surface area contributed by atoms with Crippen molar-refractivity contribution in [2.24, 2.45) is 5.92 Å². The Morgan fingerprint density at radius 2 is 1.94 bits per heavy atom. The van der Waals surface area contributed by atoms with E-state index in [1.54, 1.807) is 0 Å². The smallest absolute Gasteiger partial charge is 0.0719 e. The van der Waals surface area contributed by atoms with Crippen molar-refractivity contribution < 1.29 is 0 Å². The molecular weight excluding hydrogens is 242 g/mol. The summed E-state index contributed by atoms with van der Waals surface area (Å²) in [5.41, 5.74) is 2.46. The number of hydrogen-bond donors (Lipinski definition) is 0. The highest BCUT2D eigenvalue weighted by Crippen LogP contribution is 2.29. The second-order valence-electron chi connectivity index (χ2n) is 5.34. The van der Waals surface area contributed by atoms with Crippen LogP contribution in [0.15, 0.2) is 30.5 Å². The molecule has 0 atom stereocenters.